The van der Waals surface area contributed by atoms with Gasteiger partial charge in [0.1, 0.15) is 10.6 Å². The zero-order valence-electron chi connectivity index (χ0n) is 18.7. The molecule has 0 atom stereocenters. The van der Waals surface area contributed by atoms with Gasteiger partial charge in [0.25, 0.3) is 15.9 Å². The normalized spacial score (nSPS) is 13.8. The molecule has 3 aromatic rings. The van der Waals surface area contributed by atoms with E-state index in [-0.39, 0.29) is 39.8 Å². The molecular weight excluding hydrogens is 446 g/mol. The fraction of sp³-hybridized carbons (Fsp3) is 0.364. The molecule has 1 aliphatic carbocycles. The highest BCUT2D eigenvalue weighted by Crippen LogP contribution is 2.40. The fourth-order valence-corrected chi connectivity index (χ4v) is 4.75. The Hall–Kier alpha value is -3.47. The molecule has 2 N–H and O–H groups in total. The summed E-state index contributed by atoms with van der Waals surface area (Å²) in [5.41, 5.74) is 1.74. The molecule has 4 rings (SSSR count). The molecule has 0 unspecified atom stereocenters. The molecule has 1 fully saturated rings. The van der Waals surface area contributed by atoms with Gasteiger partial charge in [0.2, 0.25) is 5.91 Å². The number of benzene rings is 1. The summed E-state index contributed by atoms with van der Waals surface area (Å²) >= 11 is 0. The van der Waals surface area contributed by atoms with Crippen LogP contribution in [0, 0.1) is 0 Å². The van der Waals surface area contributed by atoms with E-state index in [0.717, 1.165) is 18.5 Å². The molecule has 2 heterocycles. The number of carbonyl (C=O) groups excluding carboxylic acids is 2. The zero-order valence-corrected chi connectivity index (χ0v) is 19.6. The summed E-state index contributed by atoms with van der Waals surface area (Å²) in [6, 6.07) is 5.82. The average Bonchev–Trinajstić information content (AvgIpc) is 3.50. The SMILES string of the molecule is COc1ccc(NC(C)=O)cc1S(=O)(=O)NC(=O)c1cc(C2CC2)nc2c1cnn2C(C)C. The van der Waals surface area contributed by atoms with Gasteiger partial charge < -0.3 is 10.1 Å². The molecule has 174 valence electrons. The van der Waals surface area contributed by atoms with Crippen LogP contribution in [-0.2, 0) is 14.8 Å². The van der Waals surface area contributed by atoms with Crippen LogP contribution in [0.4, 0.5) is 5.69 Å². The number of methoxy groups -OCH3 is 1. The lowest BCUT2D eigenvalue weighted by atomic mass is 10.1. The van der Waals surface area contributed by atoms with E-state index in [1.165, 1.54) is 38.4 Å². The Morgan fingerprint density at radius 2 is 1.94 bits per heavy atom. The van der Waals surface area contributed by atoms with Gasteiger partial charge in [-0.1, -0.05) is 0 Å². The number of aromatic nitrogens is 3. The number of anilines is 1. The van der Waals surface area contributed by atoms with E-state index >= 15 is 0 Å². The van der Waals surface area contributed by atoms with E-state index in [9.17, 15) is 18.0 Å². The molecule has 10 nitrogen and oxygen atoms in total. The average molecular weight is 472 g/mol. The number of sulfonamides is 1. The van der Waals surface area contributed by atoms with Crippen LogP contribution in [0.1, 0.15) is 61.6 Å². The van der Waals surface area contributed by atoms with E-state index in [1.807, 2.05) is 13.8 Å². The van der Waals surface area contributed by atoms with E-state index in [1.54, 1.807) is 10.7 Å². The van der Waals surface area contributed by atoms with Crippen LogP contribution >= 0.6 is 0 Å². The van der Waals surface area contributed by atoms with Gasteiger partial charge >= 0.3 is 0 Å². The second kappa shape index (κ2) is 8.47. The molecule has 2 amide bonds. The molecule has 2 aromatic heterocycles. The minimum Gasteiger partial charge on any atom is -0.495 e. The standard InChI is InChI=1S/C22H25N5O5S/c1-12(2)27-21-17(11-23-27)16(10-18(25-21)14-5-6-14)22(29)26-33(30,31)20-9-15(24-13(3)28)7-8-19(20)32-4/h7-12,14H,5-6H2,1-4H3,(H,24,28)(H,26,29). The predicted octanol–water partition coefficient (Wildman–Crippen LogP) is 2.98. The van der Waals surface area contributed by atoms with Gasteiger partial charge in [-0.2, -0.15) is 5.10 Å². The highest BCUT2D eigenvalue weighted by molar-refractivity contribution is 7.90. The zero-order chi connectivity index (χ0) is 23.9. The van der Waals surface area contributed by atoms with Crippen molar-refractivity contribution >= 4 is 38.6 Å². The monoisotopic (exact) mass is 471 g/mol. The third kappa shape index (κ3) is 4.54. The van der Waals surface area contributed by atoms with Crippen molar-refractivity contribution in [3.8, 4) is 5.75 Å². The van der Waals surface area contributed by atoms with Crippen molar-refractivity contribution in [3.05, 3.63) is 41.7 Å². The summed E-state index contributed by atoms with van der Waals surface area (Å²) in [4.78, 5) is 29.0. The van der Waals surface area contributed by atoms with Crippen LogP contribution in [0.2, 0.25) is 0 Å². The van der Waals surface area contributed by atoms with Gasteiger partial charge in [0.15, 0.2) is 5.65 Å². The molecule has 33 heavy (non-hydrogen) atoms. The smallest absolute Gasteiger partial charge is 0.268 e. The molecule has 0 bridgehead atoms. The van der Waals surface area contributed by atoms with Crippen molar-refractivity contribution in [1.82, 2.24) is 19.5 Å². The third-order valence-electron chi connectivity index (χ3n) is 5.32. The topological polar surface area (TPSA) is 132 Å². The summed E-state index contributed by atoms with van der Waals surface area (Å²) in [7, 11) is -3.01. The molecule has 11 heteroatoms. The molecule has 0 saturated heterocycles. The van der Waals surface area contributed by atoms with E-state index < -0.39 is 15.9 Å². The van der Waals surface area contributed by atoms with Gasteiger partial charge in [-0.05, 0) is 51.0 Å². The maximum absolute atomic E-state index is 13.2. The maximum Gasteiger partial charge on any atom is 0.268 e. The lowest BCUT2D eigenvalue weighted by molar-refractivity contribution is -0.114. The second-order valence-electron chi connectivity index (χ2n) is 8.27. The highest BCUT2D eigenvalue weighted by Gasteiger charge is 2.30. The van der Waals surface area contributed by atoms with Crippen LogP contribution < -0.4 is 14.8 Å². The minimum atomic E-state index is -4.33. The summed E-state index contributed by atoms with van der Waals surface area (Å²) in [6.07, 6.45) is 3.47. The van der Waals surface area contributed by atoms with Crippen LogP contribution in [-0.4, -0.2) is 42.1 Å². The number of fused-ring (bicyclic) bond motifs is 1. The Kier molecular flexibility index (Phi) is 5.83. The van der Waals surface area contributed by atoms with Crippen LogP contribution in [0.3, 0.4) is 0 Å². The van der Waals surface area contributed by atoms with Crippen molar-refractivity contribution in [3.63, 3.8) is 0 Å². The molecule has 0 spiro atoms. The molecule has 1 saturated carbocycles. The largest absolute Gasteiger partial charge is 0.495 e. The Bertz CT molecular complexity index is 1360. The van der Waals surface area contributed by atoms with Crippen LogP contribution in [0.5, 0.6) is 5.75 Å². The fourth-order valence-electron chi connectivity index (χ4n) is 3.59. The Balaban J connectivity index is 1.75. The first kappa shape index (κ1) is 22.7. The number of hydrogen-bond acceptors (Lipinski definition) is 7. The van der Waals surface area contributed by atoms with Gasteiger partial charge in [0.05, 0.1) is 24.3 Å². The Labute approximate surface area is 191 Å². The number of nitrogens with one attached hydrogen (secondary N) is 2. The van der Waals surface area contributed by atoms with Crippen molar-refractivity contribution in [1.29, 1.82) is 0 Å². The predicted molar refractivity (Wildman–Crippen MR) is 122 cm³/mol. The molecule has 0 aliphatic heterocycles. The highest BCUT2D eigenvalue weighted by atomic mass is 32.2. The number of ether oxygens (including phenoxy) is 1. The van der Waals surface area contributed by atoms with Crippen molar-refractivity contribution < 1.29 is 22.7 Å². The summed E-state index contributed by atoms with van der Waals surface area (Å²) in [5.74, 6) is -0.862. The van der Waals surface area contributed by atoms with Gasteiger partial charge in [-0.15, -0.1) is 0 Å². The number of rotatable bonds is 7. The van der Waals surface area contributed by atoms with Crippen molar-refractivity contribution in [2.45, 2.75) is 50.5 Å². The van der Waals surface area contributed by atoms with Gasteiger partial charge in [0, 0.05) is 30.3 Å². The second-order valence-corrected chi connectivity index (χ2v) is 9.92. The van der Waals surface area contributed by atoms with E-state index in [2.05, 4.69) is 15.1 Å². The van der Waals surface area contributed by atoms with Gasteiger partial charge in [-0.3, -0.25) is 9.59 Å². The number of pyridine rings is 1. The van der Waals surface area contributed by atoms with Crippen molar-refractivity contribution in [2.75, 3.05) is 12.4 Å². The summed E-state index contributed by atoms with van der Waals surface area (Å²) in [5, 5.41) is 7.34. The maximum atomic E-state index is 13.2. The lowest BCUT2D eigenvalue weighted by Crippen LogP contribution is -2.31. The number of nitrogens with zero attached hydrogens (tertiary/aromatic N) is 3. The molecule has 1 aromatic carbocycles. The summed E-state index contributed by atoms with van der Waals surface area (Å²) < 4.78 is 35.3. The number of hydrogen-bond donors (Lipinski definition) is 2. The number of amides is 2. The lowest BCUT2D eigenvalue weighted by Gasteiger charge is -2.14. The van der Waals surface area contributed by atoms with E-state index in [4.69, 9.17) is 9.72 Å². The summed E-state index contributed by atoms with van der Waals surface area (Å²) in [6.45, 7) is 5.22. The first-order valence-electron chi connectivity index (χ1n) is 10.5. The Morgan fingerprint density at radius 3 is 2.55 bits per heavy atom. The quantitative estimate of drug-likeness (QED) is 0.541. The number of carbonyl (C=O) groups is 2. The first-order chi connectivity index (χ1) is 15.6. The van der Waals surface area contributed by atoms with Crippen molar-refractivity contribution in [2.24, 2.45) is 0 Å². The molecular formula is C22H25N5O5S. The van der Waals surface area contributed by atoms with Crippen LogP contribution in [0.25, 0.3) is 11.0 Å². The third-order valence-corrected chi connectivity index (χ3v) is 6.67. The van der Waals surface area contributed by atoms with Gasteiger partial charge in [-0.25, -0.2) is 22.8 Å². The minimum absolute atomic E-state index is 0.0184. The van der Waals surface area contributed by atoms with E-state index in [0.29, 0.717) is 11.0 Å². The molecule has 1 aliphatic rings. The Morgan fingerprint density at radius 1 is 1.21 bits per heavy atom. The first-order valence-corrected chi connectivity index (χ1v) is 12.0. The molecule has 0 radical (unpaired) electrons. The van der Waals surface area contributed by atoms with Crippen LogP contribution in [0.15, 0.2) is 35.4 Å².